The summed E-state index contributed by atoms with van der Waals surface area (Å²) in [5.74, 6) is -1.70. The van der Waals surface area contributed by atoms with Crippen molar-refractivity contribution < 1.29 is 56.4 Å². The van der Waals surface area contributed by atoms with Crippen molar-refractivity contribution in [2.75, 3.05) is 55.9 Å². The smallest absolute Gasteiger partial charge is 0.362 e. The molecule has 0 amide bonds. The molecule has 2 atom stereocenters. The Bertz CT molecular complexity index is 991. The van der Waals surface area contributed by atoms with Crippen LogP contribution in [0.1, 0.15) is 22.8 Å². The van der Waals surface area contributed by atoms with Gasteiger partial charge in [0.25, 0.3) is 0 Å². The van der Waals surface area contributed by atoms with Crippen molar-refractivity contribution in [2.45, 2.75) is 11.7 Å². The molecule has 0 heterocycles. The lowest BCUT2D eigenvalue weighted by Gasteiger charge is -2.21. The monoisotopic (exact) mass is 550 g/mol. The van der Waals surface area contributed by atoms with Gasteiger partial charge in [0.05, 0.1) is 14.2 Å². The first-order valence-corrected chi connectivity index (χ1v) is 13.7. The minimum Gasteiger partial charge on any atom is -0.493 e. The molecule has 0 radical (unpaired) electrons. The largest absolute Gasteiger partial charge is 0.493 e. The average molecular weight is 550 g/mol. The fourth-order valence-electron chi connectivity index (χ4n) is 3.14. The summed E-state index contributed by atoms with van der Waals surface area (Å²) in [5.41, 5.74) is 0.530. The number of benzene rings is 2. The first-order chi connectivity index (χ1) is 17.1. The SMILES string of the molecule is COc1cc(C(O)P(=O)(OC)OC)ccc1OCCOc1ccc(C(O)P(=O)(OC)OC)cc1OC. The molecule has 36 heavy (non-hydrogen) atoms. The van der Waals surface area contributed by atoms with Gasteiger partial charge in [0.1, 0.15) is 13.2 Å². The van der Waals surface area contributed by atoms with E-state index in [9.17, 15) is 19.3 Å². The topological polar surface area (TPSA) is 148 Å². The van der Waals surface area contributed by atoms with Crippen LogP contribution in [-0.2, 0) is 27.2 Å². The number of ether oxygens (including phenoxy) is 4. The van der Waals surface area contributed by atoms with Crippen molar-refractivity contribution in [1.82, 2.24) is 0 Å². The van der Waals surface area contributed by atoms with Crippen LogP contribution in [0.25, 0.3) is 0 Å². The molecule has 0 aromatic heterocycles. The van der Waals surface area contributed by atoms with Crippen LogP contribution in [0, 0.1) is 0 Å². The Labute approximate surface area is 210 Å². The van der Waals surface area contributed by atoms with Crippen molar-refractivity contribution >= 4 is 15.2 Å². The van der Waals surface area contributed by atoms with E-state index in [1.54, 1.807) is 12.1 Å². The van der Waals surface area contributed by atoms with Crippen molar-refractivity contribution in [3.63, 3.8) is 0 Å². The lowest BCUT2D eigenvalue weighted by Crippen LogP contribution is -2.11. The fraction of sp³-hybridized carbons (Fsp3) is 0.455. The van der Waals surface area contributed by atoms with Gasteiger partial charge in [-0.05, 0) is 35.4 Å². The highest BCUT2D eigenvalue weighted by Crippen LogP contribution is 2.59. The minimum atomic E-state index is -3.75. The molecule has 0 spiro atoms. The molecule has 2 rings (SSSR count). The third-order valence-electron chi connectivity index (χ3n) is 5.19. The molecule has 0 aliphatic heterocycles. The van der Waals surface area contributed by atoms with Crippen LogP contribution >= 0.6 is 15.2 Å². The maximum atomic E-state index is 12.4. The summed E-state index contributed by atoms with van der Waals surface area (Å²) < 4.78 is 66.3. The van der Waals surface area contributed by atoms with Gasteiger partial charge in [-0.25, -0.2) is 0 Å². The van der Waals surface area contributed by atoms with E-state index in [-0.39, 0.29) is 24.3 Å². The normalized spacial score (nSPS) is 13.7. The summed E-state index contributed by atoms with van der Waals surface area (Å²) in [6.45, 7) is 0.228. The second kappa shape index (κ2) is 13.4. The molecule has 0 bridgehead atoms. The minimum absolute atomic E-state index is 0.114. The Hall–Kier alpha value is -2.14. The van der Waals surface area contributed by atoms with Crippen molar-refractivity contribution in [3.05, 3.63) is 47.5 Å². The summed E-state index contributed by atoms with van der Waals surface area (Å²) in [5, 5.41) is 20.8. The van der Waals surface area contributed by atoms with Crippen LogP contribution in [-0.4, -0.2) is 66.1 Å². The highest BCUT2D eigenvalue weighted by atomic mass is 31.2. The van der Waals surface area contributed by atoms with Gasteiger partial charge in [-0.1, -0.05) is 12.1 Å². The summed E-state index contributed by atoms with van der Waals surface area (Å²) in [4.78, 5) is 0. The van der Waals surface area contributed by atoms with E-state index in [1.165, 1.54) is 66.9 Å². The van der Waals surface area contributed by atoms with Crippen molar-refractivity contribution in [2.24, 2.45) is 0 Å². The molecule has 202 valence electrons. The van der Waals surface area contributed by atoms with Gasteiger partial charge in [-0.2, -0.15) is 0 Å². The molecule has 2 aromatic carbocycles. The highest BCUT2D eigenvalue weighted by Gasteiger charge is 2.35. The molecule has 0 saturated heterocycles. The Kier molecular flexibility index (Phi) is 11.2. The Balaban J connectivity index is 2.06. The van der Waals surface area contributed by atoms with E-state index >= 15 is 0 Å². The zero-order chi connectivity index (χ0) is 26.9. The third-order valence-corrected chi connectivity index (χ3v) is 9.02. The van der Waals surface area contributed by atoms with Crippen molar-refractivity contribution in [1.29, 1.82) is 0 Å². The summed E-state index contributed by atoms with van der Waals surface area (Å²) in [6, 6.07) is 9.07. The molecule has 0 saturated carbocycles. The van der Waals surface area contributed by atoms with Gasteiger partial charge in [0.15, 0.2) is 34.7 Å². The van der Waals surface area contributed by atoms with Crippen molar-refractivity contribution in [3.8, 4) is 23.0 Å². The van der Waals surface area contributed by atoms with Crippen LogP contribution < -0.4 is 18.9 Å². The van der Waals surface area contributed by atoms with Gasteiger partial charge in [0.2, 0.25) is 0 Å². The maximum Gasteiger partial charge on any atom is 0.362 e. The maximum absolute atomic E-state index is 12.4. The van der Waals surface area contributed by atoms with Gasteiger partial charge in [0, 0.05) is 28.4 Å². The van der Waals surface area contributed by atoms with E-state index in [0.29, 0.717) is 23.0 Å². The van der Waals surface area contributed by atoms with Gasteiger partial charge >= 0.3 is 15.2 Å². The van der Waals surface area contributed by atoms with Crippen LogP contribution in [0.4, 0.5) is 0 Å². The van der Waals surface area contributed by atoms with Gasteiger partial charge in [-0.3, -0.25) is 9.13 Å². The average Bonchev–Trinajstić information content (AvgIpc) is 2.93. The standard InChI is InChI=1S/C22H32O12P2/c1-27-19-13-15(21(23)35(25,29-3)30-4)7-9-17(19)33-11-12-34-18-10-8-16(14-20(18)28-2)22(24)36(26,31-5)32-6/h7-10,13-14,21-24H,11-12H2,1-6H3. The molecule has 2 N–H and O–H groups in total. The quantitative estimate of drug-likeness (QED) is 0.243. The second-order valence-corrected chi connectivity index (χ2v) is 11.7. The van der Waals surface area contributed by atoms with E-state index < -0.39 is 26.9 Å². The molecule has 12 nitrogen and oxygen atoms in total. The number of rotatable bonds is 15. The first kappa shape index (κ1) is 30.1. The Morgan fingerprint density at radius 3 is 1.22 bits per heavy atom. The van der Waals surface area contributed by atoms with Gasteiger partial charge in [-0.15, -0.1) is 0 Å². The number of aliphatic hydroxyl groups is 2. The Morgan fingerprint density at radius 1 is 0.611 bits per heavy atom. The molecule has 2 aromatic rings. The molecule has 14 heteroatoms. The predicted octanol–water partition coefficient (Wildman–Crippen LogP) is 4.12. The summed E-state index contributed by atoms with van der Waals surface area (Å²) in [7, 11) is 0.0921. The van der Waals surface area contributed by atoms with E-state index in [4.69, 9.17) is 37.0 Å². The molecule has 0 fully saturated rings. The lowest BCUT2D eigenvalue weighted by atomic mass is 10.2. The van der Waals surface area contributed by atoms with Crippen LogP contribution in [0.5, 0.6) is 23.0 Å². The van der Waals surface area contributed by atoms with Gasteiger partial charge < -0.3 is 47.3 Å². The molecular formula is C22H32O12P2. The van der Waals surface area contributed by atoms with Crippen LogP contribution in [0.3, 0.4) is 0 Å². The van der Waals surface area contributed by atoms with E-state index in [1.807, 2.05) is 0 Å². The molecule has 0 aliphatic rings. The summed E-state index contributed by atoms with van der Waals surface area (Å²) >= 11 is 0. The first-order valence-electron chi connectivity index (χ1n) is 10.5. The second-order valence-electron chi connectivity index (χ2n) is 7.07. The number of aliphatic hydroxyl groups excluding tert-OH is 2. The zero-order valence-electron chi connectivity index (χ0n) is 20.9. The number of methoxy groups -OCH3 is 2. The third kappa shape index (κ3) is 6.79. The molecule has 0 aliphatic carbocycles. The highest BCUT2D eigenvalue weighted by molar-refractivity contribution is 7.54. The number of hydrogen-bond donors (Lipinski definition) is 2. The van der Waals surface area contributed by atoms with E-state index in [0.717, 1.165) is 0 Å². The van der Waals surface area contributed by atoms with E-state index in [2.05, 4.69) is 0 Å². The number of hydrogen-bond acceptors (Lipinski definition) is 12. The molecular weight excluding hydrogens is 518 g/mol. The fourth-order valence-corrected chi connectivity index (χ4v) is 5.29. The Morgan fingerprint density at radius 2 is 0.944 bits per heavy atom. The van der Waals surface area contributed by atoms with Crippen LogP contribution in [0.15, 0.2) is 36.4 Å². The van der Waals surface area contributed by atoms with Crippen LogP contribution in [0.2, 0.25) is 0 Å². The predicted molar refractivity (Wildman–Crippen MR) is 130 cm³/mol. The lowest BCUT2D eigenvalue weighted by molar-refractivity contribution is 0.175. The molecule has 2 unspecified atom stereocenters. The summed E-state index contributed by atoms with van der Waals surface area (Å²) in [6.07, 6.45) is 0. The zero-order valence-corrected chi connectivity index (χ0v) is 22.7.